The first-order valence-corrected chi connectivity index (χ1v) is 9.99. The van der Waals surface area contributed by atoms with E-state index in [-0.39, 0.29) is 0 Å². The van der Waals surface area contributed by atoms with Gasteiger partial charge in [-0.05, 0) is 28.4 Å². The molecule has 3 aromatic heterocycles. The Bertz CT molecular complexity index is 741. The van der Waals surface area contributed by atoms with Crippen molar-refractivity contribution in [3.05, 3.63) is 21.8 Å². The Balaban J connectivity index is 1.57. The van der Waals surface area contributed by atoms with Crippen LogP contribution in [-0.4, -0.2) is 26.9 Å². The zero-order valence-corrected chi connectivity index (χ0v) is 15.6. The minimum absolute atomic E-state index is 0.585. The lowest BCUT2D eigenvalue weighted by Gasteiger charge is -1.95. The van der Waals surface area contributed by atoms with E-state index >= 15 is 0 Å². The first-order chi connectivity index (χ1) is 10.7. The molecule has 6 nitrogen and oxygen atoms in total. The Kier molecular flexibility index (Phi) is 5.45. The number of hydrogen-bond donors (Lipinski definition) is 1. The molecule has 116 valence electrons. The SMILES string of the molecule is CCCNc1nnc(SCc2nc(-c3cc(Br)cs3)no2)s1. The molecule has 0 aromatic carbocycles. The van der Waals surface area contributed by atoms with E-state index in [1.807, 2.05) is 11.4 Å². The van der Waals surface area contributed by atoms with Crippen molar-refractivity contribution in [2.45, 2.75) is 23.4 Å². The average molecular weight is 418 g/mol. The second kappa shape index (κ2) is 7.53. The van der Waals surface area contributed by atoms with Crippen molar-refractivity contribution >= 4 is 55.5 Å². The molecule has 0 fully saturated rings. The Labute approximate surface area is 147 Å². The van der Waals surface area contributed by atoms with Gasteiger partial charge in [-0.15, -0.1) is 21.5 Å². The highest BCUT2D eigenvalue weighted by Crippen LogP contribution is 2.30. The average Bonchev–Trinajstić information content (AvgIpc) is 3.23. The van der Waals surface area contributed by atoms with Gasteiger partial charge < -0.3 is 9.84 Å². The van der Waals surface area contributed by atoms with Crippen LogP contribution >= 0.6 is 50.4 Å². The second-order valence-corrected chi connectivity index (χ2v) is 8.26. The van der Waals surface area contributed by atoms with Crippen molar-refractivity contribution < 1.29 is 4.52 Å². The number of hydrogen-bond acceptors (Lipinski definition) is 9. The molecule has 0 bridgehead atoms. The summed E-state index contributed by atoms with van der Waals surface area (Å²) in [5.74, 6) is 1.79. The monoisotopic (exact) mass is 417 g/mol. The normalized spacial score (nSPS) is 11.0. The van der Waals surface area contributed by atoms with Crippen LogP contribution in [0.4, 0.5) is 5.13 Å². The van der Waals surface area contributed by atoms with Crippen LogP contribution < -0.4 is 5.32 Å². The van der Waals surface area contributed by atoms with Crippen LogP contribution in [0.1, 0.15) is 19.2 Å². The largest absolute Gasteiger partial charge is 0.360 e. The fraction of sp³-hybridized carbons (Fsp3) is 0.333. The van der Waals surface area contributed by atoms with Gasteiger partial charge in [0.2, 0.25) is 16.8 Å². The predicted octanol–water partition coefficient (Wildman–Crippen LogP) is 4.53. The molecule has 0 aliphatic heterocycles. The van der Waals surface area contributed by atoms with Gasteiger partial charge >= 0.3 is 0 Å². The summed E-state index contributed by atoms with van der Waals surface area (Å²) in [6, 6.07) is 1.98. The number of anilines is 1. The summed E-state index contributed by atoms with van der Waals surface area (Å²) in [6.45, 7) is 3.02. The van der Waals surface area contributed by atoms with E-state index in [0.29, 0.717) is 17.5 Å². The third kappa shape index (κ3) is 4.06. The Hall–Kier alpha value is -0.970. The fourth-order valence-corrected chi connectivity index (χ4v) is 4.51. The second-order valence-electron chi connectivity index (χ2n) is 4.23. The van der Waals surface area contributed by atoms with E-state index in [9.17, 15) is 0 Å². The zero-order chi connectivity index (χ0) is 15.4. The molecular formula is C12H12BrN5OS3. The van der Waals surface area contributed by atoms with Crippen LogP contribution in [0, 0.1) is 0 Å². The molecule has 0 saturated carbocycles. The van der Waals surface area contributed by atoms with Crippen LogP contribution in [0.15, 0.2) is 24.8 Å². The Morgan fingerprint density at radius 3 is 3.09 bits per heavy atom. The van der Waals surface area contributed by atoms with Crippen LogP contribution in [0.25, 0.3) is 10.7 Å². The molecule has 3 rings (SSSR count). The van der Waals surface area contributed by atoms with Gasteiger partial charge in [0.15, 0.2) is 4.34 Å². The number of nitrogens with one attached hydrogen (secondary N) is 1. The fourth-order valence-electron chi connectivity index (χ4n) is 1.54. The number of rotatable bonds is 7. The summed E-state index contributed by atoms with van der Waals surface area (Å²) in [5.41, 5.74) is 0. The highest BCUT2D eigenvalue weighted by molar-refractivity contribution is 9.10. The molecule has 10 heteroatoms. The van der Waals surface area contributed by atoms with Crippen molar-refractivity contribution in [2.75, 3.05) is 11.9 Å². The maximum atomic E-state index is 5.27. The lowest BCUT2D eigenvalue weighted by Crippen LogP contribution is -1.98. The predicted molar refractivity (Wildman–Crippen MR) is 93.6 cm³/mol. The van der Waals surface area contributed by atoms with Crippen molar-refractivity contribution in [3.63, 3.8) is 0 Å². The highest BCUT2D eigenvalue weighted by atomic mass is 79.9. The van der Waals surface area contributed by atoms with E-state index in [2.05, 4.69) is 48.5 Å². The molecule has 1 N–H and O–H groups in total. The summed E-state index contributed by atoms with van der Waals surface area (Å²) in [7, 11) is 0. The van der Waals surface area contributed by atoms with Gasteiger partial charge in [-0.3, -0.25) is 0 Å². The molecule has 0 aliphatic rings. The first-order valence-electron chi connectivity index (χ1n) is 6.51. The molecule has 0 radical (unpaired) electrons. The summed E-state index contributed by atoms with van der Waals surface area (Å²) in [5, 5.41) is 18.3. The topological polar surface area (TPSA) is 76.7 Å². The molecule has 3 aromatic rings. The molecule has 0 atom stereocenters. The number of thiophene rings is 1. The summed E-state index contributed by atoms with van der Waals surface area (Å²) in [6.07, 6.45) is 1.06. The van der Waals surface area contributed by atoms with Crippen molar-refractivity contribution in [1.29, 1.82) is 0 Å². The molecule has 3 heterocycles. The van der Waals surface area contributed by atoms with Gasteiger partial charge in [0.25, 0.3) is 0 Å². The highest BCUT2D eigenvalue weighted by Gasteiger charge is 2.12. The van der Waals surface area contributed by atoms with E-state index < -0.39 is 0 Å². The molecule has 0 unspecified atom stereocenters. The molecule has 22 heavy (non-hydrogen) atoms. The third-order valence-electron chi connectivity index (χ3n) is 2.51. The minimum atomic E-state index is 0.585. The molecule has 0 spiro atoms. The molecule has 0 saturated heterocycles. The van der Waals surface area contributed by atoms with E-state index in [4.69, 9.17) is 4.52 Å². The zero-order valence-electron chi connectivity index (χ0n) is 11.6. The molecular weight excluding hydrogens is 406 g/mol. The van der Waals surface area contributed by atoms with E-state index in [1.54, 1.807) is 23.1 Å². The Morgan fingerprint density at radius 1 is 1.41 bits per heavy atom. The lowest BCUT2D eigenvalue weighted by atomic mass is 10.4. The van der Waals surface area contributed by atoms with Gasteiger partial charge in [0, 0.05) is 16.4 Å². The molecule has 0 aliphatic carbocycles. The lowest BCUT2D eigenvalue weighted by molar-refractivity contribution is 0.392. The summed E-state index contributed by atoms with van der Waals surface area (Å²) >= 11 is 8.07. The van der Waals surface area contributed by atoms with E-state index in [0.717, 1.165) is 31.8 Å². The number of halogens is 1. The summed E-state index contributed by atoms with van der Waals surface area (Å²) in [4.78, 5) is 5.38. The third-order valence-corrected chi connectivity index (χ3v) is 6.19. The summed E-state index contributed by atoms with van der Waals surface area (Å²) < 4.78 is 7.18. The molecule has 0 amide bonds. The quantitative estimate of drug-likeness (QED) is 0.565. The van der Waals surface area contributed by atoms with Gasteiger partial charge in [-0.1, -0.05) is 35.2 Å². The smallest absolute Gasteiger partial charge is 0.237 e. The number of nitrogens with zero attached hydrogens (tertiary/aromatic N) is 4. The van der Waals surface area contributed by atoms with Crippen LogP contribution in [0.2, 0.25) is 0 Å². The van der Waals surface area contributed by atoms with Crippen molar-refractivity contribution in [1.82, 2.24) is 20.3 Å². The maximum absolute atomic E-state index is 5.27. The number of aromatic nitrogens is 4. The first kappa shape index (κ1) is 15.9. The minimum Gasteiger partial charge on any atom is -0.360 e. The van der Waals surface area contributed by atoms with Crippen molar-refractivity contribution in [3.8, 4) is 10.7 Å². The van der Waals surface area contributed by atoms with Gasteiger partial charge in [-0.25, -0.2) is 0 Å². The van der Waals surface area contributed by atoms with Crippen LogP contribution in [0.5, 0.6) is 0 Å². The van der Waals surface area contributed by atoms with Gasteiger partial charge in [0.1, 0.15) is 0 Å². The maximum Gasteiger partial charge on any atom is 0.237 e. The van der Waals surface area contributed by atoms with E-state index in [1.165, 1.54) is 11.3 Å². The van der Waals surface area contributed by atoms with Crippen LogP contribution in [0.3, 0.4) is 0 Å². The number of thioether (sulfide) groups is 1. The Morgan fingerprint density at radius 2 is 2.32 bits per heavy atom. The van der Waals surface area contributed by atoms with Gasteiger partial charge in [0.05, 0.1) is 10.6 Å². The van der Waals surface area contributed by atoms with Crippen molar-refractivity contribution in [2.24, 2.45) is 0 Å². The van der Waals surface area contributed by atoms with Crippen LogP contribution in [-0.2, 0) is 5.75 Å². The standard InChI is InChI=1S/C12H12BrN5OS3/c1-2-3-14-11-16-17-12(22-11)21-6-9-15-10(18-19-9)8-4-7(13)5-20-8/h4-5H,2-3,6H2,1H3,(H,14,16). The van der Waals surface area contributed by atoms with Gasteiger partial charge in [-0.2, -0.15) is 4.98 Å².